The molecule has 0 saturated carbocycles. The molecule has 2 unspecified atom stereocenters. The highest BCUT2D eigenvalue weighted by Crippen LogP contribution is 2.22. The van der Waals surface area contributed by atoms with Crippen LogP contribution in [0.4, 0.5) is 0 Å². The summed E-state index contributed by atoms with van der Waals surface area (Å²) in [5.74, 6) is 3.70. The minimum absolute atomic E-state index is 0.0591. The maximum atomic E-state index is 11.0. The van der Waals surface area contributed by atoms with Crippen molar-refractivity contribution in [3.8, 4) is 12.3 Å². The molecule has 31 heavy (non-hydrogen) atoms. The lowest BCUT2D eigenvalue weighted by Gasteiger charge is -2.23. The van der Waals surface area contributed by atoms with Crippen LogP contribution in [0.5, 0.6) is 0 Å². The van der Waals surface area contributed by atoms with Crippen LogP contribution in [0, 0.1) is 35.0 Å². The normalized spacial score (nSPS) is 16.1. The maximum Gasteiger partial charge on any atom is 0.123 e. The fourth-order valence-electron chi connectivity index (χ4n) is 2.61. The van der Waals surface area contributed by atoms with E-state index in [2.05, 4.69) is 40.7 Å². The smallest absolute Gasteiger partial charge is 0.123 e. The first-order valence-corrected chi connectivity index (χ1v) is 10.5. The average molecular weight is 426 g/mol. The molecule has 170 valence electrons. The molecule has 0 aliphatic heterocycles. The first-order chi connectivity index (χ1) is 14.7. The van der Waals surface area contributed by atoms with E-state index in [1.165, 1.54) is 0 Å². The summed E-state index contributed by atoms with van der Waals surface area (Å²) in [6.07, 6.45) is 18.3. The monoisotopic (exact) mass is 425 g/mol. The van der Waals surface area contributed by atoms with Gasteiger partial charge in [0.2, 0.25) is 0 Å². The number of nitrogens with zero attached hydrogens (tertiary/aromatic N) is 5. The largest absolute Gasteiger partial charge is 0.316 e. The molecule has 0 radical (unpaired) electrons. The molecule has 0 bridgehead atoms. The molecule has 0 rings (SSSR count). The Morgan fingerprint density at radius 3 is 2.48 bits per heavy atom. The lowest BCUT2D eigenvalue weighted by atomic mass is 9.87. The lowest BCUT2D eigenvalue weighted by molar-refractivity contribution is 0.115. The summed E-state index contributed by atoms with van der Waals surface area (Å²) in [4.78, 5) is 19.6. The Kier molecular flexibility index (Phi) is 14.5. The molecule has 3 atom stereocenters. The second-order valence-corrected chi connectivity index (χ2v) is 7.91. The summed E-state index contributed by atoms with van der Waals surface area (Å²) < 4.78 is 0. The molecule has 0 aromatic heterocycles. The number of aliphatic imine (C=N–C) groups is 2. The summed E-state index contributed by atoms with van der Waals surface area (Å²) in [6.45, 7) is 10.5. The van der Waals surface area contributed by atoms with E-state index in [1.807, 2.05) is 69.4 Å². The molecule has 0 aliphatic carbocycles. The summed E-state index contributed by atoms with van der Waals surface area (Å²) in [7, 11) is 7.66. The molecule has 0 heterocycles. The zero-order chi connectivity index (χ0) is 23.8. The van der Waals surface area contributed by atoms with Crippen LogP contribution in [0.1, 0.15) is 33.6 Å². The standard InChI is InChI=1S/C25H39N5O/c1-10-20(2)13-12-16-27-25(26-6)17-24(18-28-31)22(4)15-11-14-21(3)23(5)19-30(9)29(7)8/h1,11-14,16,19-20,22,24H,3,15,17-18H2,2,4-9H3/b13-12+,14-11-,23-19+,26-25-,27-16-/t20?,22-,24?/m0/s1. The van der Waals surface area contributed by atoms with Gasteiger partial charge in [-0.1, -0.05) is 42.8 Å². The number of allylic oxidation sites excluding steroid dienone is 6. The molecule has 0 aromatic carbocycles. The minimum atomic E-state index is 0.0591. The van der Waals surface area contributed by atoms with Crippen LogP contribution < -0.4 is 0 Å². The van der Waals surface area contributed by atoms with Gasteiger partial charge in [0, 0.05) is 52.9 Å². The van der Waals surface area contributed by atoms with Crippen molar-refractivity contribution in [3.05, 3.63) is 53.1 Å². The van der Waals surface area contributed by atoms with E-state index in [9.17, 15) is 4.91 Å². The highest BCUT2D eigenvalue weighted by atomic mass is 16.3. The van der Waals surface area contributed by atoms with Gasteiger partial charge < -0.3 is 5.01 Å². The van der Waals surface area contributed by atoms with Crippen LogP contribution in [0.2, 0.25) is 0 Å². The zero-order valence-electron chi connectivity index (χ0n) is 20.2. The lowest BCUT2D eigenvalue weighted by Crippen LogP contribution is -2.28. The van der Waals surface area contributed by atoms with Gasteiger partial charge in [0.1, 0.15) is 5.84 Å². The highest BCUT2D eigenvalue weighted by Gasteiger charge is 2.19. The van der Waals surface area contributed by atoms with Crippen molar-refractivity contribution in [3.63, 3.8) is 0 Å². The quantitative estimate of drug-likeness (QED) is 0.103. The van der Waals surface area contributed by atoms with Crippen molar-refractivity contribution < 1.29 is 0 Å². The van der Waals surface area contributed by atoms with Gasteiger partial charge in [0.25, 0.3) is 0 Å². The van der Waals surface area contributed by atoms with E-state index in [4.69, 9.17) is 6.42 Å². The molecule has 6 heteroatoms. The second kappa shape index (κ2) is 16.0. The van der Waals surface area contributed by atoms with Crippen LogP contribution in [0.3, 0.4) is 0 Å². The number of rotatable bonds is 13. The van der Waals surface area contributed by atoms with Gasteiger partial charge in [0.15, 0.2) is 0 Å². The Bertz CT molecular complexity index is 752. The number of terminal acetylenes is 1. The molecular weight excluding hydrogens is 386 g/mol. The van der Waals surface area contributed by atoms with Crippen molar-refractivity contribution in [2.45, 2.75) is 33.6 Å². The van der Waals surface area contributed by atoms with Crippen LogP contribution in [-0.4, -0.2) is 56.8 Å². The first-order valence-electron chi connectivity index (χ1n) is 10.5. The zero-order valence-corrected chi connectivity index (χ0v) is 20.2. The van der Waals surface area contributed by atoms with E-state index >= 15 is 0 Å². The SMILES string of the molecule is C#CC(C)/C=C/C=N\C(CC(CN=O)[C@@H](C)C/C=C\C(=C)/C(C)=C/N(C)N(C)C)=N/C. The highest BCUT2D eigenvalue weighted by molar-refractivity contribution is 5.92. The Labute approximate surface area is 189 Å². The number of hydrogen-bond acceptors (Lipinski definition) is 5. The number of amidine groups is 1. The molecule has 0 amide bonds. The van der Waals surface area contributed by atoms with E-state index in [-0.39, 0.29) is 24.3 Å². The number of nitroso groups, excluding NO2 is 1. The van der Waals surface area contributed by atoms with Crippen LogP contribution in [0.25, 0.3) is 0 Å². The summed E-state index contributed by atoms with van der Waals surface area (Å²) >= 11 is 0. The van der Waals surface area contributed by atoms with E-state index in [1.54, 1.807) is 13.3 Å². The van der Waals surface area contributed by atoms with E-state index in [0.29, 0.717) is 12.3 Å². The second-order valence-electron chi connectivity index (χ2n) is 7.91. The topological polar surface area (TPSA) is 60.6 Å². The van der Waals surface area contributed by atoms with E-state index < -0.39 is 0 Å². The summed E-state index contributed by atoms with van der Waals surface area (Å²) in [5.41, 5.74) is 2.05. The van der Waals surface area contributed by atoms with Gasteiger partial charge in [-0.15, -0.1) is 6.42 Å². The average Bonchev–Trinajstić information content (AvgIpc) is 2.74. The molecule has 6 nitrogen and oxygen atoms in total. The minimum Gasteiger partial charge on any atom is -0.316 e. The van der Waals surface area contributed by atoms with Crippen molar-refractivity contribution in [1.29, 1.82) is 0 Å². The summed E-state index contributed by atoms with van der Waals surface area (Å²) in [5, 5.41) is 7.13. The Hall–Kier alpha value is -2.78. The van der Waals surface area contributed by atoms with E-state index in [0.717, 1.165) is 17.6 Å². The van der Waals surface area contributed by atoms with Crippen LogP contribution in [0.15, 0.2) is 63.4 Å². The van der Waals surface area contributed by atoms with Gasteiger partial charge in [-0.05, 0) is 49.3 Å². The predicted octanol–water partition coefficient (Wildman–Crippen LogP) is 5.13. The molecule has 0 spiro atoms. The van der Waals surface area contributed by atoms with Crippen molar-refractivity contribution >= 4 is 12.1 Å². The van der Waals surface area contributed by atoms with Gasteiger partial charge in [-0.2, -0.15) is 4.91 Å². The molecule has 0 saturated heterocycles. The Morgan fingerprint density at radius 2 is 1.94 bits per heavy atom. The first kappa shape index (κ1) is 28.2. The predicted molar refractivity (Wildman–Crippen MR) is 135 cm³/mol. The molecule has 0 aromatic rings. The maximum absolute atomic E-state index is 11.0. The molecule has 0 fully saturated rings. The molecular formula is C25H39N5O. The molecule has 0 aliphatic rings. The number of hydrogen-bond donors (Lipinski definition) is 0. The fraction of sp³-hybridized carbons (Fsp3) is 0.520. The van der Waals surface area contributed by atoms with Crippen LogP contribution in [-0.2, 0) is 0 Å². The van der Waals surface area contributed by atoms with Crippen molar-refractivity contribution in [2.75, 3.05) is 34.7 Å². The third-order valence-corrected chi connectivity index (χ3v) is 5.13. The van der Waals surface area contributed by atoms with Gasteiger partial charge in [0.05, 0.1) is 6.54 Å². The fourth-order valence-corrected chi connectivity index (χ4v) is 2.61. The summed E-state index contributed by atoms with van der Waals surface area (Å²) in [6, 6.07) is 0. The third kappa shape index (κ3) is 12.5. The van der Waals surface area contributed by atoms with Gasteiger partial charge in [-0.25, -0.2) is 10.0 Å². The third-order valence-electron chi connectivity index (χ3n) is 5.13. The van der Waals surface area contributed by atoms with Crippen molar-refractivity contribution in [2.24, 2.45) is 32.9 Å². The van der Waals surface area contributed by atoms with Crippen LogP contribution >= 0.6 is 0 Å². The van der Waals surface area contributed by atoms with Gasteiger partial charge in [-0.3, -0.25) is 4.99 Å². The van der Waals surface area contributed by atoms with Gasteiger partial charge >= 0.3 is 0 Å². The van der Waals surface area contributed by atoms with Crippen molar-refractivity contribution in [1.82, 2.24) is 10.0 Å². The Balaban J connectivity index is 4.98. The number of hydrazine groups is 1. The molecule has 0 N–H and O–H groups in total. The Morgan fingerprint density at radius 1 is 1.26 bits per heavy atom.